The number of pyridine rings is 1. The second-order valence-corrected chi connectivity index (χ2v) is 7.73. The van der Waals surface area contributed by atoms with Crippen LogP contribution in [0.25, 0.3) is 22.3 Å². The molecular weight excluding hydrogens is 432 g/mol. The van der Waals surface area contributed by atoms with Crippen LogP contribution < -0.4 is 15.8 Å². The molecule has 2 aromatic heterocycles. The van der Waals surface area contributed by atoms with E-state index in [1.54, 1.807) is 6.07 Å². The molecule has 2 amide bonds. The van der Waals surface area contributed by atoms with Crippen LogP contribution in [-0.2, 0) is 4.79 Å². The number of carbonyl (C=O) groups excluding carboxylic acids is 2. The van der Waals surface area contributed by atoms with Crippen molar-refractivity contribution in [2.75, 3.05) is 5.32 Å². The van der Waals surface area contributed by atoms with Gasteiger partial charge in [0.25, 0.3) is 0 Å². The zero-order chi connectivity index (χ0) is 23.1. The number of nitrogens with zero attached hydrogens (tertiary/aromatic N) is 1. The molecule has 9 heteroatoms. The predicted molar refractivity (Wildman–Crippen MR) is 116 cm³/mol. The number of halogens is 2. The van der Waals surface area contributed by atoms with Crippen molar-refractivity contribution in [3.63, 3.8) is 0 Å². The number of aromatic nitrogens is 1. The molecule has 1 aliphatic carbocycles. The van der Waals surface area contributed by atoms with E-state index < -0.39 is 17.5 Å². The van der Waals surface area contributed by atoms with Crippen molar-refractivity contribution in [3.8, 4) is 22.8 Å². The van der Waals surface area contributed by atoms with Gasteiger partial charge in [0.2, 0.25) is 11.8 Å². The topological polar surface area (TPSA) is 107 Å². The first-order chi connectivity index (χ1) is 15.9. The standard InChI is InChI=1S/C24H17F2N3O4/c25-17-11-21(32-15-5-6-28-22(9-15)29-24(31)12-1-2-12)18(26)10-16(17)20-7-13-3-4-14(23(27)30)8-19(13)33-20/h3-12H,1-2H2,(H2,27,30)(H,28,29,31). The Bertz CT molecular complexity index is 1410. The highest BCUT2D eigenvalue weighted by molar-refractivity contribution is 5.97. The number of benzene rings is 2. The van der Waals surface area contributed by atoms with Crippen molar-refractivity contribution >= 4 is 28.6 Å². The van der Waals surface area contributed by atoms with Gasteiger partial charge in [0.05, 0.1) is 5.56 Å². The molecule has 3 N–H and O–H groups in total. The smallest absolute Gasteiger partial charge is 0.248 e. The summed E-state index contributed by atoms with van der Waals surface area (Å²) in [7, 11) is 0. The Morgan fingerprint density at radius 1 is 1.06 bits per heavy atom. The Hall–Kier alpha value is -4.27. The van der Waals surface area contributed by atoms with Crippen molar-refractivity contribution in [2.45, 2.75) is 12.8 Å². The van der Waals surface area contributed by atoms with Gasteiger partial charge in [0.15, 0.2) is 11.6 Å². The molecule has 0 saturated heterocycles. The maximum atomic E-state index is 14.9. The van der Waals surface area contributed by atoms with E-state index in [1.165, 1.54) is 36.5 Å². The summed E-state index contributed by atoms with van der Waals surface area (Å²) in [4.78, 5) is 27.3. The number of hydrogen-bond acceptors (Lipinski definition) is 5. The fraction of sp³-hybridized carbons (Fsp3) is 0.125. The summed E-state index contributed by atoms with van der Waals surface area (Å²) in [6.07, 6.45) is 3.09. The van der Waals surface area contributed by atoms with Gasteiger partial charge in [0, 0.05) is 35.2 Å². The summed E-state index contributed by atoms with van der Waals surface area (Å²) < 4.78 is 40.7. The molecule has 0 unspecified atom stereocenters. The van der Waals surface area contributed by atoms with E-state index in [0.717, 1.165) is 25.0 Å². The molecule has 0 aliphatic heterocycles. The second kappa shape index (κ2) is 8.01. The van der Waals surface area contributed by atoms with Gasteiger partial charge in [-0.05, 0) is 43.2 Å². The quantitative estimate of drug-likeness (QED) is 0.430. The van der Waals surface area contributed by atoms with Crippen molar-refractivity contribution in [1.82, 2.24) is 4.98 Å². The Kier molecular flexibility index (Phi) is 5.01. The number of fused-ring (bicyclic) bond motifs is 1. The first kappa shape index (κ1) is 20.6. The van der Waals surface area contributed by atoms with Gasteiger partial charge in [-0.25, -0.2) is 13.8 Å². The lowest BCUT2D eigenvalue weighted by Gasteiger charge is -2.10. The summed E-state index contributed by atoms with van der Waals surface area (Å²) in [6, 6.07) is 10.9. The molecule has 33 heavy (non-hydrogen) atoms. The third-order valence-electron chi connectivity index (χ3n) is 5.25. The molecule has 166 valence electrons. The van der Waals surface area contributed by atoms with Crippen LogP contribution in [-0.4, -0.2) is 16.8 Å². The van der Waals surface area contributed by atoms with Gasteiger partial charge >= 0.3 is 0 Å². The van der Waals surface area contributed by atoms with E-state index in [-0.39, 0.29) is 46.0 Å². The minimum absolute atomic E-state index is 0.00362. The molecule has 5 rings (SSSR count). The fourth-order valence-electron chi connectivity index (χ4n) is 3.36. The van der Waals surface area contributed by atoms with E-state index in [1.807, 2.05) is 0 Å². The molecule has 4 aromatic rings. The maximum absolute atomic E-state index is 14.9. The molecule has 2 aromatic carbocycles. The minimum Gasteiger partial charge on any atom is -0.456 e. The highest BCUT2D eigenvalue weighted by Crippen LogP contribution is 2.35. The number of amides is 2. The SMILES string of the molecule is NC(=O)c1ccc2cc(-c3cc(F)c(Oc4ccnc(NC(=O)C5CC5)c4)cc3F)oc2c1. The van der Waals surface area contributed by atoms with Crippen molar-refractivity contribution in [1.29, 1.82) is 0 Å². The summed E-state index contributed by atoms with van der Waals surface area (Å²) in [5, 5.41) is 3.28. The molecule has 2 heterocycles. The fourth-order valence-corrected chi connectivity index (χ4v) is 3.36. The molecule has 1 aliphatic rings. The highest BCUT2D eigenvalue weighted by atomic mass is 19.1. The van der Waals surface area contributed by atoms with E-state index in [0.29, 0.717) is 11.0 Å². The van der Waals surface area contributed by atoms with Crippen molar-refractivity contribution in [2.24, 2.45) is 11.7 Å². The lowest BCUT2D eigenvalue weighted by atomic mass is 10.1. The largest absolute Gasteiger partial charge is 0.456 e. The number of hydrogen-bond donors (Lipinski definition) is 2. The Labute approximate surface area is 186 Å². The molecule has 0 bridgehead atoms. The van der Waals surface area contributed by atoms with Crippen LogP contribution >= 0.6 is 0 Å². The lowest BCUT2D eigenvalue weighted by Crippen LogP contribution is -2.14. The molecule has 0 atom stereocenters. The van der Waals surface area contributed by atoms with Gasteiger partial charge in [-0.2, -0.15) is 0 Å². The molecule has 7 nitrogen and oxygen atoms in total. The maximum Gasteiger partial charge on any atom is 0.248 e. The normalized spacial score (nSPS) is 13.2. The number of rotatable bonds is 6. The van der Waals surface area contributed by atoms with E-state index >= 15 is 0 Å². The van der Waals surface area contributed by atoms with Crippen molar-refractivity contribution in [3.05, 3.63) is 71.9 Å². The van der Waals surface area contributed by atoms with Gasteiger partial charge in [0.1, 0.15) is 28.7 Å². The second-order valence-electron chi connectivity index (χ2n) is 7.73. The Morgan fingerprint density at radius 2 is 1.88 bits per heavy atom. The van der Waals surface area contributed by atoms with Crippen molar-refractivity contribution < 1.29 is 27.5 Å². The number of carbonyl (C=O) groups is 2. The monoisotopic (exact) mass is 449 g/mol. The van der Waals surface area contributed by atoms with Gasteiger partial charge in [-0.3, -0.25) is 9.59 Å². The molecular formula is C24H17F2N3O4. The number of nitrogens with one attached hydrogen (secondary N) is 1. The van der Waals surface area contributed by atoms with Crippen LogP contribution in [0.4, 0.5) is 14.6 Å². The third kappa shape index (κ3) is 4.25. The highest BCUT2D eigenvalue weighted by Gasteiger charge is 2.29. The predicted octanol–water partition coefficient (Wildman–Crippen LogP) is 5.01. The average Bonchev–Trinajstić information content (AvgIpc) is 3.55. The zero-order valence-electron chi connectivity index (χ0n) is 17.1. The molecule has 1 saturated carbocycles. The number of primary amides is 1. The minimum atomic E-state index is -0.815. The summed E-state index contributed by atoms with van der Waals surface area (Å²) >= 11 is 0. The van der Waals surface area contributed by atoms with Crippen LogP contribution in [0, 0.1) is 17.6 Å². The summed E-state index contributed by atoms with van der Waals surface area (Å²) in [5.41, 5.74) is 5.72. The van der Waals surface area contributed by atoms with Crippen LogP contribution in [0.1, 0.15) is 23.2 Å². The van der Waals surface area contributed by atoms with Crippen LogP contribution in [0.3, 0.4) is 0 Å². The Morgan fingerprint density at radius 3 is 2.64 bits per heavy atom. The van der Waals surface area contributed by atoms with Crippen LogP contribution in [0.15, 0.2) is 59.1 Å². The van der Waals surface area contributed by atoms with Crippen LogP contribution in [0.5, 0.6) is 11.5 Å². The van der Waals surface area contributed by atoms with Crippen LogP contribution in [0.2, 0.25) is 0 Å². The zero-order valence-corrected chi connectivity index (χ0v) is 17.1. The average molecular weight is 449 g/mol. The molecule has 0 spiro atoms. The van der Waals surface area contributed by atoms with E-state index in [2.05, 4.69) is 10.3 Å². The first-order valence-corrected chi connectivity index (χ1v) is 10.1. The van der Waals surface area contributed by atoms with Gasteiger partial charge < -0.3 is 20.2 Å². The molecule has 0 radical (unpaired) electrons. The molecule has 1 fully saturated rings. The van der Waals surface area contributed by atoms with Gasteiger partial charge in [-0.15, -0.1) is 0 Å². The number of furan rings is 1. The van der Waals surface area contributed by atoms with E-state index in [4.69, 9.17) is 14.9 Å². The van der Waals surface area contributed by atoms with E-state index in [9.17, 15) is 18.4 Å². The number of anilines is 1. The number of ether oxygens (including phenoxy) is 1. The number of nitrogens with two attached hydrogens (primary N) is 1. The third-order valence-corrected chi connectivity index (χ3v) is 5.25. The first-order valence-electron chi connectivity index (χ1n) is 10.1. The summed E-state index contributed by atoms with van der Waals surface area (Å²) in [5.74, 6) is -2.14. The lowest BCUT2D eigenvalue weighted by molar-refractivity contribution is -0.117. The summed E-state index contributed by atoms with van der Waals surface area (Å²) in [6.45, 7) is 0. The Balaban J connectivity index is 1.40. The van der Waals surface area contributed by atoms with Gasteiger partial charge in [-0.1, -0.05) is 6.07 Å².